The summed E-state index contributed by atoms with van der Waals surface area (Å²) in [5, 5.41) is 10.9. The molecule has 0 aliphatic carbocycles. The van der Waals surface area contributed by atoms with Crippen LogP contribution >= 0.6 is 11.8 Å². The molecule has 1 amide bonds. The number of carbonyl (C=O) groups is 1. The average Bonchev–Trinajstić information content (AvgIpc) is 3.37. The Morgan fingerprint density at radius 1 is 1.17 bits per heavy atom. The Hall–Kier alpha value is -3.20. The zero-order valence-corrected chi connectivity index (χ0v) is 16.7. The van der Waals surface area contributed by atoms with E-state index in [0.29, 0.717) is 34.7 Å². The molecule has 150 valence electrons. The maximum Gasteiger partial charge on any atom is 0.277 e. The summed E-state index contributed by atoms with van der Waals surface area (Å²) in [5.41, 5.74) is 1.66. The molecule has 2 heterocycles. The van der Waals surface area contributed by atoms with Crippen LogP contribution in [0.2, 0.25) is 0 Å². The van der Waals surface area contributed by atoms with Gasteiger partial charge in [-0.3, -0.25) is 4.79 Å². The minimum absolute atomic E-state index is 0.177. The van der Waals surface area contributed by atoms with Crippen LogP contribution in [0.5, 0.6) is 17.2 Å². The molecule has 0 fully saturated rings. The molecule has 9 heteroatoms. The standard InChI is InChI=1S/C20H19N3O5S/c1-12(19(24)21-14-5-8-16-17(10-14)27-11-26-16)29-20-23-22-18(28-20)9-13-3-6-15(25-2)7-4-13/h3-8,10,12H,9,11H2,1-2H3,(H,21,24)/t12-/m1/s1. The molecule has 1 aliphatic rings. The molecule has 1 aliphatic heterocycles. The lowest BCUT2D eigenvalue weighted by Gasteiger charge is -2.10. The Labute approximate surface area is 171 Å². The van der Waals surface area contributed by atoms with Gasteiger partial charge in [0.05, 0.1) is 18.8 Å². The van der Waals surface area contributed by atoms with E-state index in [0.717, 1.165) is 11.3 Å². The molecule has 1 atom stereocenters. The topological polar surface area (TPSA) is 95.7 Å². The average molecular weight is 413 g/mol. The molecule has 4 rings (SSSR count). The van der Waals surface area contributed by atoms with Crippen molar-refractivity contribution in [2.75, 3.05) is 19.2 Å². The van der Waals surface area contributed by atoms with E-state index in [1.54, 1.807) is 32.2 Å². The number of thioether (sulfide) groups is 1. The van der Waals surface area contributed by atoms with E-state index >= 15 is 0 Å². The number of carbonyl (C=O) groups excluding carboxylic acids is 1. The maximum absolute atomic E-state index is 12.5. The van der Waals surface area contributed by atoms with Crippen molar-refractivity contribution in [2.24, 2.45) is 0 Å². The van der Waals surface area contributed by atoms with Crippen LogP contribution in [-0.4, -0.2) is 35.3 Å². The molecule has 8 nitrogen and oxygen atoms in total. The number of fused-ring (bicyclic) bond motifs is 1. The Morgan fingerprint density at radius 2 is 1.97 bits per heavy atom. The number of rotatable bonds is 7. The highest BCUT2D eigenvalue weighted by Gasteiger charge is 2.20. The SMILES string of the molecule is COc1ccc(Cc2nnc(S[C@H](C)C(=O)Nc3ccc4c(c3)OCO4)o2)cc1. The Balaban J connectivity index is 1.33. The molecule has 0 unspecified atom stereocenters. The minimum Gasteiger partial charge on any atom is -0.497 e. The van der Waals surface area contributed by atoms with Crippen LogP contribution in [0.25, 0.3) is 0 Å². The molecule has 3 aromatic rings. The number of hydrogen-bond acceptors (Lipinski definition) is 8. The van der Waals surface area contributed by atoms with Crippen LogP contribution in [0.1, 0.15) is 18.4 Å². The van der Waals surface area contributed by atoms with Crippen molar-refractivity contribution in [3.05, 3.63) is 53.9 Å². The summed E-state index contributed by atoms with van der Waals surface area (Å²) < 4.78 is 21.4. The summed E-state index contributed by atoms with van der Waals surface area (Å²) in [5.74, 6) is 2.38. The second-order valence-corrected chi connectivity index (χ2v) is 7.60. The second-order valence-electron chi connectivity index (χ2n) is 6.30. The van der Waals surface area contributed by atoms with E-state index in [-0.39, 0.29) is 12.7 Å². The first kappa shape index (κ1) is 19.1. The molecular formula is C20H19N3O5S. The third kappa shape index (κ3) is 4.62. The highest BCUT2D eigenvalue weighted by molar-refractivity contribution is 8.00. The number of ether oxygens (including phenoxy) is 3. The van der Waals surface area contributed by atoms with Gasteiger partial charge in [-0.25, -0.2) is 0 Å². The fraction of sp³-hybridized carbons (Fsp3) is 0.250. The summed E-state index contributed by atoms with van der Waals surface area (Å²) >= 11 is 1.21. The molecule has 0 bridgehead atoms. The number of nitrogens with zero attached hydrogens (tertiary/aromatic N) is 2. The van der Waals surface area contributed by atoms with Gasteiger partial charge in [-0.2, -0.15) is 0 Å². The number of anilines is 1. The first-order valence-corrected chi connectivity index (χ1v) is 9.81. The van der Waals surface area contributed by atoms with E-state index in [9.17, 15) is 4.79 Å². The first-order chi connectivity index (χ1) is 14.1. The smallest absolute Gasteiger partial charge is 0.277 e. The summed E-state index contributed by atoms with van der Waals surface area (Å²) in [6, 6.07) is 12.9. The molecule has 1 aromatic heterocycles. The summed E-state index contributed by atoms with van der Waals surface area (Å²) in [6.07, 6.45) is 0.509. The van der Waals surface area contributed by atoms with Crippen LogP contribution in [0, 0.1) is 0 Å². The van der Waals surface area contributed by atoms with Crippen molar-refractivity contribution < 1.29 is 23.4 Å². The lowest BCUT2D eigenvalue weighted by Crippen LogP contribution is -2.22. The highest BCUT2D eigenvalue weighted by Crippen LogP contribution is 2.34. The van der Waals surface area contributed by atoms with Gasteiger partial charge in [0.2, 0.25) is 18.6 Å². The number of nitrogens with one attached hydrogen (secondary N) is 1. The van der Waals surface area contributed by atoms with Gasteiger partial charge in [0.1, 0.15) is 5.75 Å². The molecule has 2 aromatic carbocycles. The molecule has 0 saturated carbocycles. The number of benzene rings is 2. The van der Waals surface area contributed by atoms with E-state index < -0.39 is 5.25 Å². The van der Waals surface area contributed by atoms with Crippen LogP contribution in [0.4, 0.5) is 5.69 Å². The summed E-state index contributed by atoms with van der Waals surface area (Å²) in [4.78, 5) is 12.5. The quantitative estimate of drug-likeness (QED) is 0.588. The highest BCUT2D eigenvalue weighted by atomic mass is 32.2. The van der Waals surface area contributed by atoms with Crippen LogP contribution in [0.3, 0.4) is 0 Å². The van der Waals surface area contributed by atoms with E-state index in [1.807, 2.05) is 24.3 Å². The summed E-state index contributed by atoms with van der Waals surface area (Å²) in [6.45, 7) is 1.97. The largest absolute Gasteiger partial charge is 0.497 e. The molecule has 0 radical (unpaired) electrons. The molecule has 0 spiro atoms. The Morgan fingerprint density at radius 3 is 2.76 bits per heavy atom. The van der Waals surface area contributed by atoms with Gasteiger partial charge in [-0.05, 0) is 36.8 Å². The Kier molecular flexibility index (Phi) is 5.57. The Bertz CT molecular complexity index is 1010. The van der Waals surface area contributed by atoms with Crippen LogP contribution < -0.4 is 19.5 Å². The zero-order chi connectivity index (χ0) is 20.2. The lowest BCUT2D eigenvalue weighted by atomic mass is 10.1. The summed E-state index contributed by atoms with van der Waals surface area (Å²) in [7, 11) is 1.63. The lowest BCUT2D eigenvalue weighted by molar-refractivity contribution is -0.115. The predicted molar refractivity (Wildman–Crippen MR) is 107 cm³/mol. The minimum atomic E-state index is -0.422. The van der Waals surface area contributed by atoms with Crippen LogP contribution in [0.15, 0.2) is 52.1 Å². The fourth-order valence-electron chi connectivity index (χ4n) is 2.70. The second kappa shape index (κ2) is 8.44. The molecular weight excluding hydrogens is 394 g/mol. The van der Waals surface area contributed by atoms with Gasteiger partial charge in [0.25, 0.3) is 5.22 Å². The van der Waals surface area contributed by atoms with Gasteiger partial charge < -0.3 is 23.9 Å². The van der Waals surface area contributed by atoms with E-state index in [4.69, 9.17) is 18.6 Å². The van der Waals surface area contributed by atoms with Crippen LogP contribution in [-0.2, 0) is 11.2 Å². The first-order valence-electron chi connectivity index (χ1n) is 8.93. The normalized spacial score (nSPS) is 13.2. The van der Waals surface area contributed by atoms with Crippen molar-refractivity contribution in [3.63, 3.8) is 0 Å². The van der Waals surface area contributed by atoms with Gasteiger partial charge >= 0.3 is 0 Å². The number of amides is 1. The van der Waals surface area contributed by atoms with Crippen molar-refractivity contribution in [1.82, 2.24) is 10.2 Å². The van der Waals surface area contributed by atoms with Gasteiger partial charge in [-0.1, -0.05) is 23.9 Å². The number of methoxy groups -OCH3 is 1. The molecule has 0 saturated heterocycles. The third-order valence-electron chi connectivity index (χ3n) is 4.25. The van der Waals surface area contributed by atoms with Gasteiger partial charge in [-0.15, -0.1) is 10.2 Å². The van der Waals surface area contributed by atoms with Crippen molar-refractivity contribution in [1.29, 1.82) is 0 Å². The van der Waals surface area contributed by atoms with Gasteiger partial charge in [0.15, 0.2) is 11.5 Å². The number of hydrogen-bond donors (Lipinski definition) is 1. The zero-order valence-electron chi connectivity index (χ0n) is 15.9. The van der Waals surface area contributed by atoms with E-state index in [2.05, 4.69) is 15.5 Å². The third-order valence-corrected chi connectivity index (χ3v) is 5.18. The van der Waals surface area contributed by atoms with E-state index in [1.165, 1.54) is 11.8 Å². The molecule has 1 N–H and O–H groups in total. The predicted octanol–water partition coefficient (Wildman–Crippen LogP) is 3.52. The molecule has 29 heavy (non-hydrogen) atoms. The monoisotopic (exact) mass is 413 g/mol. The fourth-order valence-corrected chi connectivity index (χ4v) is 3.40. The number of aromatic nitrogens is 2. The maximum atomic E-state index is 12.5. The van der Waals surface area contributed by atoms with Crippen molar-refractivity contribution >= 4 is 23.4 Å². The van der Waals surface area contributed by atoms with Crippen molar-refractivity contribution in [3.8, 4) is 17.2 Å². The van der Waals surface area contributed by atoms with Crippen molar-refractivity contribution in [2.45, 2.75) is 23.8 Å². The van der Waals surface area contributed by atoms with Gasteiger partial charge in [0, 0.05) is 11.8 Å².